The molecule has 1 aromatic rings. The van der Waals surface area contributed by atoms with Crippen LogP contribution >= 0.6 is 0 Å². The molecule has 0 aromatic heterocycles. The summed E-state index contributed by atoms with van der Waals surface area (Å²) in [5.74, 6) is -0.257. The summed E-state index contributed by atoms with van der Waals surface area (Å²) >= 11 is 0. The van der Waals surface area contributed by atoms with Gasteiger partial charge in [0, 0.05) is 6.04 Å². The lowest BCUT2D eigenvalue weighted by atomic mass is 9.88. The van der Waals surface area contributed by atoms with Crippen LogP contribution in [0.25, 0.3) is 0 Å². The molecule has 0 aliphatic heterocycles. The smallest absolute Gasteiger partial charge is 0.315 e. The average Bonchev–Trinajstić information content (AvgIpc) is 2.99. The van der Waals surface area contributed by atoms with E-state index in [1.165, 1.54) is 12.1 Å². The molecule has 0 saturated heterocycles. The van der Waals surface area contributed by atoms with Gasteiger partial charge in [-0.3, -0.25) is 0 Å². The monoisotopic (exact) mass is 320 g/mol. The molecule has 1 aromatic carbocycles. The van der Waals surface area contributed by atoms with Crippen LogP contribution in [0.3, 0.4) is 0 Å². The number of rotatable bonds is 3. The number of hydrogen-bond donors (Lipinski definition) is 3. The molecule has 5 heteroatoms. The van der Waals surface area contributed by atoms with E-state index >= 15 is 0 Å². The SMILES string of the molecule is O=C(NC1CCC(O)CC1)NC1(c2ccc(F)cc2)CCCC1. The zero-order chi connectivity index (χ0) is 16.3. The van der Waals surface area contributed by atoms with Crippen molar-refractivity contribution in [3.05, 3.63) is 35.6 Å². The first kappa shape index (κ1) is 16.2. The maximum atomic E-state index is 13.2. The molecule has 3 N–H and O–H groups in total. The summed E-state index contributed by atoms with van der Waals surface area (Å²) in [6.07, 6.45) is 6.79. The second-order valence-corrected chi connectivity index (χ2v) is 6.90. The third-order valence-electron chi connectivity index (χ3n) is 5.24. The van der Waals surface area contributed by atoms with Crippen molar-refractivity contribution in [2.24, 2.45) is 0 Å². The predicted molar refractivity (Wildman–Crippen MR) is 86.5 cm³/mol. The highest BCUT2D eigenvalue weighted by Gasteiger charge is 2.37. The van der Waals surface area contributed by atoms with Crippen LogP contribution in [0.5, 0.6) is 0 Å². The fourth-order valence-electron chi connectivity index (χ4n) is 3.89. The van der Waals surface area contributed by atoms with Gasteiger partial charge in [0.05, 0.1) is 11.6 Å². The molecule has 2 aliphatic carbocycles. The van der Waals surface area contributed by atoms with Crippen LogP contribution in [0.15, 0.2) is 24.3 Å². The summed E-state index contributed by atoms with van der Waals surface area (Å²) in [6, 6.07) is 6.44. The molecule has 0 atom stereocenters. The molecule has 2 aliphatic rings. The number of nitrogens with one attached hydrogen (secondary N) is 2. The van der Waals surface area contributed by atoms with Gasteiger partial charge in [0.15, 0.2) is 0 Å². The fourth-order valence-corrected chi connectivity index (χ4v) is 3.89. The Balaban J connectivity index is 1.65. The molecule has 0 radical (unpaired) electrons. The van der Waals surface area contributed by atoms with Crippen LogP contribution in [0.1, 0.15) is 56.9 Å². The van der Waals surface area contributed by atoms with Crippen molar-refractivity contribution >= 4 is 6.03 Å². The number of carbonyl (C=O) groups is 1. The minimum Gasteiger partial charge on any atom is -0.393 e. The Kier molecular flexibility index (Phi) is 4.85. The maximum absolute atomic E-state index is 13.2. The van der Waals surface area contributed by atoms with E-state index in [-0.39, 0.29) is 29.5 Å². The van der Waals surface area contributed by atoms with E-state index in [1.54, 1.807) is 12.1 Å². The zero-order valence-corrected chi connectivity index (χ0v) is 13.4. The zero-order valence-electron chi connectivity index (χ0n) is 13.4. The first-order valence-electron chi connectivity index (χ1n) is 8.60. The normalized spacial score (nSPS) is 26.7. The number of urea groups is 1. The molecular formula is C18H25FN2O2. The van der Waals surface area contributed by atoms with Crippen LogP contribution in [-0.2, 0) is 5.54 Å². The van der Waals surface area contributed by atoms with E-state index in [1.807, 2.05) is 0 Å². The number of carbonyl (C=O) groups excluding carboxylic acids is 1. The van der Waals surface area contributed by atoms with Gasteiger partial charge in [-0.25, -0.2) is 9.18 Å². The first-order chi connectivity index (χ1) is 11.1. The maximum Gasteiger partial charge on any atom is 0.315 e. The van der Waals surface area contributed by atoms with Gasteiger partial charge in [0.2, 0.25) is 0 Å². The topological polar surface area (TPSA) is 61.4 Å². The van der Waals surface area contributed by atoms with Gasteiger partial charge >= 0.3 is 6.03 Å². The molecule has 2 amide bonds. The molecule has 0 heterocycles. The van der Waals surface area contributed by atoms with Crippen LogP contribution in [0.4, 0.5) is 9.18 Å². The Labute approximate surface area is 136 Å². The van der Waals surface area contributed by atoms with E-state index < -0.39 is 0 Å². The minimum absolute atomic E-state index is 0.130. The highest BCUT2D eigenvalue weighted by atomic mass is 19.1. The van der Waals surface area contributed by atoms with Crippen molar-refractivity contribution in [3.63, 3.8) is 0 Å². The van der Waals surface area contributed by atoms with Crippen molar-refractivity contribution in [1.82, 2.24) is 10.6 Å². The Morgan fingerprint density at radius 1 is 1.09 bits per heavy atom. The molecule has 3 rings (SSSR count). The summed E-state index contributed by atoms with van der Waals surface area (Å²) in [7, 11) is 0. The molecule has 2 fully saturated rings. The van der Waals surface area contributed by atoms with Gasteiger partial charge in [-0.15, -0.1) is 0 Å². The van der Waals surface area contributed by atoms with Crippen molar-refractivity contribution in [2.75, 3.05) is 0 Å². The third kappa shape index (κ3) is 3.83. The van der Waals surface area contributed by atoms with Gasteiger partial charge < -0.3 is 15.7 Å². The quantitative estimate of drug-likeness (QED) is 0.801. The molecule has 4 nitrogen and oxygen atoms in total. The number of aliphatic hydroxyl groups is 1. The number of benzene rings is 1. The van der Waals surface area contributed by atoms with Crippen LogP contribution in [0.2, 0.25) is 0 Å². The number of halogens is 1. The largest absolute Gasteiger partial charge is 0.393 e. The summed E-state index contributed by atoms with van der Waals surface area (Å²) in [5.41, 5.74) is 0.594. The Hall–Kier alpha value is -1.62. The summed E-state index contributed by atoms with van der Waals surface area (Å²) in [5, 5.41) is 15.7. The standard InChI is InChI=1S/C18H25FN2O2/c19-14-5-3-13(4-6-14)18(11-1-2-12-18)21-17(23)20-15-7-9-16(22)10-8-15/h3-6,15-16,22H,1-2,7-12H2,(H2,20,21,23). The summed E-state index contributed by atoms with van der Waals surface area (Å²) in [4.78, 5) is 12.4. The Morgan fingerprint density at radius 3 is 2.30 bits per heavy atom. The lowest BCUT2D eigenvalue weighted by Gasteiger charge is -2.33. The summed E-state index contributed by atoms with van der Waals surface area (Å²) in [6.45, 7) is 0. The Morgan fingerprint density at radius 2 is 1.70 bits per heavy atom. The highest BCUT2D eigenvalue weighted by molar-refractivity contribution is 5.75. The van der Waals surface area contributed by atoms with Gasteiger partial charge in [0.1, 0.15) is 5.82 Å². The molecular weight excluding hydrogens is 295 g/mol. The number of aliphatic hydroxyl groups excluding tert-OH is 1. The van der Waals surface area contributed by atoms with Crippen molar-refractivity contribution in [3.8, 4) is 0 Å². The molecule has 126 valence electrons. The van der Waals surface area contributed by atoms with Gasteiger partial charge in [0.25, 0.3) is 0 Å². The molecule has 0 spiro atoms. The highest BCUT2D eigenvalue weighted by Crippen LogP contribution is 2.38. The second-order valence-electron chi connectivity index (χ2n) is 6.90. The molecule has 23 heavy (non-hydrogen) atoms. The van der Waals surface area contributed by atoms with Gasteiger partial charge in [-0.2, -0.15) is 0 Å². The minimum atomic E-state index is -0.383. The fraction of sp³-hybridized carbons (Fsp3) is 0.611. The molecule has 0 unspecified atom stereocenters. The van der Waals surface area contributed by atoms with Crippen molar-refractivity contribution in [2.45, 2.75) is 69.1 Å². The average molecular weight is 320 g/mol. The first-order valence-corrected chi connectivity index (χ1v) is 8.60. The lowest BCUT2D eigenvalue weighted by molar-refractivity contribution is 0.117. The number of amides is 2. The van der Waals surface area contributed by atoms with E-state index in [0.717, 1.165) is 56.9 Å². The number of hydrogen-bond acceptors (Lipinski definition) is 2. The lowest BCUT2D eigenvalue weighted by Crippen LogP contribution is -2.51. The van der Waals surface area contributed by atoms with E-state index in [4.69, 9.17) is 0 Å². The third-order valence-corrected chi connectivity index (χ3v) is 5.24. The summed E-state index contributed by atoms with van der Waals surface area (Å²) < 4.78 is 13.2. The van der Waals surface area contributed by atoms with Crippen molar-refractivity contribution in [1.29, 1.82) is 0 Å². The molecule has 2 saturated carbocycles. The predicted octanol–water partition coefficient (Wildman–Crippen LogP) is 3.20. The molecule has 0 bridgehead atoms. The van der Waals surface area contributed by atoms with Crippen molar-refractivity contribution < 1.29 is 14.3 Å². The van der Waals surface area contributed by atoms with Gasteiger partial charge in [-0.05, 0) is 56.2 Å². The van der Waals surface area contributed by atoms with Crippen LogP contribution in [-0.4, -0.2) is 23.3 Å². The van der Waals surface area contributed by atoms with Crippen LogP contribution in [0, 0.1) is 5.82 Å². The second kappa shape index (κ2) is 6.87. The van der Waals surface area contributed by atoms with Crippen LogP contribution < -0.4 is 10.6 Å². The van der Waals surface area contributed by atoms with E-state index in [0.29, 0.717) is 0 Å². The Bertz CT molecular complexity index is 532. The van der Waals surface area contributed by atoms with E-state index in [2.05, 4.69) is 10.6 Å². The van der Waals surface area contributed by atoms with E-state index in [9.17, 15) is 14.3 Å². The van der Waals surface area contributed by atoms with Gasteiger partial charge in [-0.1, -0.05) is 25.0 Å².